The number of allylic oxidation sites excluding steroid dienone is 1. The first-order valence-electron chi connectivity index (χ1n) is 11.5. The lowest BCUT2D eigenvalue weighted by Gasteiger charge is -2.41. The van der Waals surface area contributed by atoms with Crippen LogP contribution in [0.3, 0.4) is 0 Å². The first-order chi connectivity index (χ1) is 15.4. The van der Waals surface area contributed by atoms with Crippen molar-refractivity contribution in [2.75, 3.05) is 31.7 Å². The molecule has 7 nitrogen and oxygen atoms in total. The monoisotopic (exact) mass is 455 g/mol. The fourth-order valence-corrected chi connectivity index (χ4v) is 5.74. The number of fused-ring (bicyclic) bond motifs is 1. The molecule has 32 heavy (non-hydrogen) atoms. The highest BCUT2D eigenvalue weighted by atomic mass is 32.2. The molecule has 172 valence electrons. The van der Waals surface area contributed by atoms with E-state index in [4.69, 9.17) is 4.99 Å². The van der Waals surface area contributed by atoms with Gasteiger partial charge in [-0.1, -0.05) is 43.2 Å². The van der Waals surface area contributed by atoms with Gasteiger partial charge in [-0.05, 0) is 43.9 Å². The van der Waals surface area contributed by atoms with Crippen LogP contribution in [-0.4, -0.2) is 59.3 Å². The zero-order valence-electron chi connectivity index (χ0n) is 19.2. The molecule has 1 aliphatic carbocycles. The molecule has 3 amide bonds. The first-order valence-corrected chi connectivity index (χ1v) is 12.5. The summed E-state index contributed by atoms with van der Waals surface area (Å²) in [4.78, 5) is 34.3. The molecule has 1 saturated heterocycles. The number of thioether (sulfide) groups is 1. The predicted octanol–water partition coefficient (Wildman–Crippen LogP) is 4.35. The van der Waals surface area contributed by atoms with Crippen LogP contribution in [0.1, 0.15) is 57.1 Å². The zero-order valence-corrected chi connectivity index (χ0v) is 20.0. The van der Waals surface area contributed by atoms with Crippen LogP contribution in [0.5, 0.6) is 0 Å². The van der Waals surface area contributed by atoms with Crippen LogP contribution >= 0.6 is 11.8 Å². The Balaban J connectivity index is 1.59. The maximum absolute atomic E-state index is 13.1. The molecule has 1 aromatic rings. The van der Waals surface area contributed by atoms with Gasteiger partial charge in [0.1, 0.15) is 0 Å². The standard InChI is InChI=1S/C24H33N5O2S/c1-16-20(22(30)28(2)3)21(29-13-8-14-32-24(29)25-16)17-9-7-12-19(15-17)27-23(31)26-18-10-5-4-6-11-18/h7,9,12,15,18,21H,4-6,8,10-11,13-14H2,1-3H3,(H2,26,27,31). The highest BCUT2D eigenvalue weighted by molar-refractivity contribution is 8.13. The summed E-state index contributed by atoms with van der Waals surface area (Å²) < 4.78 is 0. The lowest BCUT2D eigenvalue weighted by Crippen LogP contribution is -2.43. The normalized spacial score (nSPS) is 21.5. The molecule has 2 fully saturated rings. The molecule has 2 N–H and O–H groups in total. The van der Waals surface area contributed by atoms with Crippen molar-refractivity contribution >= 4 is 34.6 Å². The number of likely N-dealkylation sites (N-methyl/N-ethyl adjacent to an activating group) is 1. The van der Waals surface area contributed by atoms with Gasteiger partial charge in [0.25, 0.3) is 5.91 Å². The molecule has 2 aliphatic heterocycles. The maximum Gasteiger partial charge on any atom is 0.319 e. The van der Waals surface area contributed by atoms with E-state index in [-0.39, 0.29) is 24.0 Å². The van der Waals surface area contributed by atoms with E-state index in [0.29, 0.717) is 5.57 Å². The summed E-state index contributed by atoms with van der Waals surface area (Å²) in [5.41, 5.74) is 3.19. The third-order valence-corrected chi connectivity index (χ3v) is 7.37. The summed E-state index contributed by atoms with van der Waals surface area (Å²) in [7, 11) is 3.55. The van der Waals surface area contributed by atoms with Crippen LogP contribution in [0.15, 0.2) is 40.5 Å². The van der Waals surface area contributed by atoms with E-state index in [0.717, 1.165) is 53.7 Å². The Bertz CT molecular complexity index is 936. The number of hydrogen-bond acceptors (Lipinski definition) is 5. The second-order valence-corrected chi connectivity index (χ2v) is 10.0. The summed E-state index contributed by atoms with van der Waals surface area (Å²) in [6.07, 6.45) is 6.74. The van der Waals surface area contributed by atoms with E-state index in [1.165, 1.54) is 19.3 Å². The predicted molar refractivity (Wildman–Crippen MR) is 131 cm³/mol. The lowest BCUT2D eigenvalue weighted by molar-refractivity contribution is -0.125. The first kappa shape index (κ1) is 22.7. The maximum atomic E-state index is 13.1. The number of urea groups is 1. The van der Waals surface area contributed by atoms with Crippen molar-refractivity contribution in [1.29, 1.82) is 0 Å². The number of hydrogen-bond donors (Lipinski definition) is 2. The lowest BCUT2D eigenvalue weighted by atomic mass is 9.93. The number of anilines is 1. The molecular weight excluding hydrogens is 422 g/mol. The minimum Gasteiger partial charge on any atom is -0.345 e. The largest absolute Gasteiger partial charge is 0.345 e. The van der Waals surface area contributed by atoms with Crippen molar-refractivity contribution in [3.8, 4) is 0 Å². The molecule has 1 aromatic carbocycles. The van der Waals surface area contributed by atoms with Gasteiger partial charge in [-0.25, -0.2) is 9.79 Å². The summed E-state index contributed by atoms with van der Waals surface area (Å²) in [5, 5.41) is 7.09. The Hall–Kier alpha value is -2.48. The highest BCUT2D eigenvalue weighted by Crippen LogP contribution is 2.40. The van der Waals surface area contributed by atoms with E-state index in [2.05, 4.69) is 15.5 Å². The average Bonchev–Trinajstić information content (AvgIpc) is 2.78. The molecule has 4 rings (SSSR count). The van der Waals surface area contributed by atoms with Gasteiger partial charge >= 0.3 is 6.03 Å². The van der Waals surface area contributed by atoms with Crippen molar-refractivity contribution < 1.29 is 9.59 Å². The second-order valence-electron chi connectivity index (χ2n) is 8.95. The number of carbonyl (C=O) groups excluding carboxylic acids is 2. The molecular formula is C24H33N5O2S. The minimum absolute atomic E-state index is 0.0284. The molecule has 0 spiro atoms. The van der Waals surface area contributed by atoms with Gasteiger partial charge < -0.3 is 20.4 Å². The van der Waals surface area contributed by atoms with E-state index in [1.807, 2.05) is 31.2 Å². The van der Waals surface area contributed by atoms with Gasteiger partial charge in [0.2, 0.25) is 0 Å². The summed E-state index contributed by atoms with van der Waals surface area (Å²) in [6.45, 7) is 2.77. The van der Waals surface area contributed by atoms with Crippen LogP contribution in [0, 0.1) is 0 Å². The Kier molecular flexibility index (Phi) is 7.08. The van der Waals surface area contributed by atoms with Crippen LogP contribution in [0.25, 0.3) is 0 Å². The molecule has 1 unspecified atom stereocenters. The van der Waals surface area contributed by atoms with Gasteiger partial charge in [-0.3, -0.25) is 4.79 Å². The van der Waals surface area contributed by atoms with Gasteiger partial charge in [0, 0.05) is 38.1 Å². The molecule has 8 heteroatoms. The Morgan fingerprint density at radius 1 is 1.16 bits per heavy atom. The SMILES string of the molecule is CC1=C(C(=O)N(C)C)C(c2cccc(NC(=O)NC3CCCCC3)c2)N2CCCSC2=N1. The number of benzene rings is 1. The third kappa shape index (κ3) is 4.95. The number of nitrogens with one attached hydrogen (secondary N) is 2. The smallest absolute Gasteiger partial charge is 0.319 e. The number of nitrogens with zero attached hydrogens (tertiary/aromatic N) is 3. The van der Waals surface area contributed by atoms with E-state index < -0.39 is 0 Å². The summed E-state index contributed by atoms with van der Waals surface area (Å²) in [5.74, 6) is 1.01. The number of aliphatic imine (C=N–C) groups is 1. The molecule has 3 aliphatic rings. The van der Waals surface area contributed by atoms with Crippen LogP contribution in [-0.2, 0) is 4.79 Å². The number of rotatable bonds is 4. The third-order valence-electron chi connectivity index (χ3n) is 6.30. The Labute approximate surface area is 194 Å². The van der Waals surface area contributed by atoms with Crippen molar-refractivity contribution in [3.05, 3.63) is 41.1 Å². The highest BCUT2D eigenvalue weighted by Gasteiger charge is 2.37. The van der Waals surface area contributed by atoms with E-state index in [9.17, 15) is 9.59 Å². The summed E-state index contributed by atoms with van der Waals surface area (Å²) >= 11 is 1.74. The number of amidine groups is 1. The van der Waals surface area contributed by atoms with Crippen molar-refractivity contribution in [2.45, 2.75) is 57.5 Å². The van der Waals surface area contributed by atoms with E-state index in [1.54, 1.807) is 30.8 Å². The number of amides is 3. The van der Waals surface area contributed by atoms with Gasteiger partial charge in [0.15, 0.2) is 5.17 Å². The van der Waals surface area contributed by atoms with Gasteiger partial charge in [-0.15, -0.1) is 0 Å². The minimum atomic E-state index is -0.214. The van der Waals surface area contributed by atoms with Crippen LogP contribution < -0.4 is 10.6 Å². The second kappa shape index (κ2) is 9.98. The topological polar surface area (TPSA) is 77.0 Å². The summed E-state index contributed by atoms with van der Waals surface area (Å²) in [6, 6.07) is 7.75. The fourth-order valence-electron chi connectivity index (χ4n) is 4.72. The van der Waals surface area contributed by atoms with Gasteiger partial charge in [-0.2, -0.15) is 0 Å². The van der Waals surface area contributed by atoms with Crippen molar-refractivity contribution in [3.63, 3.8) is 0 Å². The molecule has 0 bridgehead atoms. The fraction of sp³-hybridized carbons (Fsp3) is 0.542. The van der Waals surface area contributed by atoms with Crippen LogP contribution in [0.2, 0.25) is 0 Å². The van der Waals surface area contributed by atoms with Crippen molar-refractivity contribution in [2.24, 2.45) is 4.99 Å². The van der Waals surface area contributed by atoms with Crippen molar-refractivity contribution in [1.82, 2.24) is 15.1 Å². The number of carbonyl (C=O) groups is 2. The van der Waals surface area contributed by atoms with Gasteiger partial charge in [0.05, 0.1) is 17.3 Å². The van der Waals surface area contributed by atoms with E-state index >= 15 is 0 Å². The average molecular weight is 456 g/mol. The quantitative estimate of drug-likeness (QED) is 0.708. The molecule has 2 heterocycles. The Morgan fingerprint density at radius 3 is 2.69 bits per heavy atom. The van der Waals surface area contributed by atoms with Crippen LogP contribution in [0.4, 0.5) is 10.5 Å². The molecule has 0 radical (unpaired) electrons. The molecule has 1 saturated carbocycles. The molecule has 0 aromatic heterocycles. The zero-order chi connectivity index (χ0) is 22.7. The molecule has 1 atom stereocenters. The Morgan fingerprint density at radius 2 is 1.94 bits per heavy atom.